The standard InChI is InChI=1S/C24H22BrClN2O2/c1-15-12-16(2)27-23(30-14-17-6-4-3-5-7-17)19(15)13-28-11-10-18-8-9-20(25)22(26)21(18)24(28)29/h3-9,12H,10-11,13-14H2,1-2H3. The second-order valence-electron chi connectivity index (χ2n) is 7.51. The second kappa shape index (κ2) is 8.78. The van der Waals surface area contributed by atoms with Gasteiger partial charge in [-0.1, -0.05) is 48.0 Å². The third-order valence-corrected chi connectivity index (χ3v) is 6.62. The summed E-state index contributed by atoms with van der Waals surface area (Å²) in [5.41, 5.74) is 5.53. The largest absolute Gasteiger partial charge is 0.473 e. The van der Waals surface area contributed by atoms with Gasteiger partial charge in [-0.2, -0.15) is 0 Å². The van der Waals surface area contributed by atoms with Crippen LogP contribution in [0.4, 0.5) is 0 Å². The van der Waals surface area contributed by atoms with Crippen molar-refractivity contribution in [3.8, 4) is 5.88 Å². The molecule has 154 valence electrons. The molecule has 30 heavy (non-hydrogen) atoms. The number of hydrogen-bond acceptors (Lipinski definition) is 3. The molecule has 0 unspecified atom stereocenters. The van der Waals surface area contributed by atoms with Crippen molar-refractivity contribution in [1.82, 2.24) is 9.88 Å². The predicted octanol–water partition coefficient (Wildman–Crippen LogP) is 5.89. The number of carbonyl (C=O) groups is 1. The van der Waals surface area contributed by atoms with Gasteiger partial charge in [-0.15, -0.1) is 0 Å². The van der Waals surface area contributed by atoms with Gasteiger partial charge >= 0.3 is 0 Å². The van der Waals surface area contributed by atoms with E-state index in [1.54, 1.807) is 0 Å². The van der Waals surface area contributed by atoms with E-state index in [9.17, 15) is 4.79 Å². The van der Waals surface area contributed by atoms with Crippen LogP contribution in [-0.4, -0.2) is 22.3 Å². The zero-order chi connectivity index (χ0) is 21.3. The number of halogens is 2. The highest BCUT2D eigenvalue weighted by atomic mass is 79.9. The summed E-state index contributed by atoms with van der Waals surface area (Å²) >= 11 is 9.87. The lowest BCUT2D eigenvalue weighted by atomic mass is 9.98. The van der Waals surface area contributed by atoms with Crippen LogP contribution in [0, 0.1) is 13.8 Å². The van der Waals surface area contributed by atoms with E-state index in [1.807, 2.05) is 67.3 Å². The van der Waals surface area contributed by atoms with E-state index in [2.05, 4.69) is 20.9 Å². The molecule has 2 aromatic carbocycles. The van der Waals surface area contributed by atoms with E-state index in [0.717, 1.165) is 38.8 Å². The van der Waals surface area contributed by atoms with Gasteiger partial charge in [0.25, 0.3) is 5.91 Å². The van der Waals surface area contributed by atoms with Crippen molar-refractivity contribution >= 4 is 33.4 Å². The minimum absolute atomic E-state index is 0.0588. The summed E-state index contributed by atoms with van der Waals surface area (Å²) in [5.74, 6) is 0.520. The lowest BCUT2D eigenvalue weighted by Crippen LogP contribution is -2.37. The van der Waals surface area contributed by atoms with Crippen LogP contribution in [-0.2, 0) is 19.6 Å². The Kier molecular flexibility index (Phi) is 6.11. The van der Waals surface area contributed by atoms with Crippen LogP contribution in [0.2, 0.25) is 5.02 Å². The molecule has 0 radical (unpaired) electrons. The molecule has 0 atom stereocenters. The smallest absolute Gasteiger partial charge is 0.256 e. The summed E-state index contributed by atoms with van der Waals surface area (Å²) in [7, 11) is 0. The van der Waals surface area contributed by atoms with Crippen molar-refractivity contribution < 1.29 is 9.53 Å². The first kappa shape index (κ1) is 20.9. The number of benzene rings is 2. The average Bonchev–Trinajstić information content (AvgIpc) is 2.73. The first-order valence-electron chi connectivity index (χ1n) is 9.84. The van der Waals surface area contributed by atoms with Gasteiger partial charge in [0, 0.05) is 22.3 Å². The molecule has 0 aliphatic carbocycles. The number of amides is 1. The topological polar surface area (TPSA) is 42.4 Å². The Bertz CT molecular complexity index is 1100. The molecule has 0 bridgehead atoms. The number of aromatic nitrogens is 1. The quantitative estimate of drug-likeness (QED) is 0.452. The Morgan fingerprint density at radius 1 is 1.17 bits per heavy atom. The molecule has 2 heterocycles. The molecule has 0 saturated heterocycles. The van der Waals surface area contributed by atoms with Gasteiger partial charge in [0.1, 0.15) is 6.61 Å². The zero-order valence-corrected chi connectivity index (χ0v) is 19.3. The van der Waals surface area contributed by atoms with E-state index >= 15 is 0 Å². The summed E-state index contributed by atoms with van der Waals surface area (Å²) in [4.78, 5) is 19.7. The van der Waals surface area contributed by atoms with Crippen molar-refractivity contribution in [3.63, 3.8) is 0 Å². The minimum Gasteiger partial charge on any atom is -0.473 e. The average molecular weight is 486 g/mol. The van der Waals surface area contributed by atoms with Crippen LogP contribution in [0.15, 0.2) is 53.0 Å². The van der Waals surface area contributed by atoms with Gasteiger partial charge < -0.3 is 9.64 Å². The summed E-state index contributed by atoms with van der Waals surface area (Å²) < 4.78 is 6.83. The molecule has 1 aliphatic heterocycles. The summed E-state index contributed by atoms with van der Waals surface area (Å²) in [5, 5.41) is 0.474. The molecule has 0 fully saturated rings. The molecule has 6 heteroatoms. The number of fused-ring (bicyclic) bond motifs is 1. The lowest BCUT2D eigenvalue weighted by molar-refractivity contribution is 0.0725. The van der Waals surface area contributed by atoms with Crippen LogP contribution in [0.5, 0.6) is 5.88 Å². The maximum atomic E-state index is 13.2. The molecule has 0 saturated carbocycles. The van der Waals surface area contributed by atoms with Gasteiger partial charge in [0.15, 0.2) is 0 Å². The van der Waals surface area contributed by atoms with Gasteiger partial charge in [-0.3, -0.25) is 4.79 Å². The molecule has 1 aromatic heterocycles. The fourth-order valence-electron chi connectivity index (χ4n) is 3.75. The van der Waals surface area contributed by atoms with Crippen LogP contribution in [0.1, 0.15) is 38.3 Å². The van der Waals surface area contributed by atoms with E-state index in [-0.39, 0.29) is 5.91 Å². The monoisotopic (exact) mass is 484 g/mol. The number of hydrogen-bond donors (Lipinski definition) is 0. The lowest BCUT2D eigenvalue weighted by Gasteiger charge is -2.30. The van der Waals surface area contributed by atoms with Crippen molar-refractivity contribution in [1.29, 1.82) is 0 Å². The fraction of sp³-hybridized carbons (Fsp3) is 0.250. The fourth-order valence-corrected chi connectivity index (χ4v) is 4.35. The Labute approximate surface area is 190 Å². The first-order valence-corrected chi connectivity index (χ1v) is 11.0. The van der Waals surface area contributed by atoms with Gasteiger partial charge in [-0.25, -0.2) is 4.98 Å². The molecular weight excluding hydrogens is 464 g/mol. The summed E-state index contributed by atoms with van der Waals surface area (Å²) in [6, 6.07) is 15.9. The van der Waals surface area contributed by atoms with E-state index in [0.29, 0.717) is 36.2 Å². The SMILES string of the molecule is Cc1cc(C)c(CN2CCc3ccc(Br)c(Cl)c3C2=O)c(OCc2ccccc2)n1. The Hall–Kier alpha value is -2.37. The predicted molar refractivity (Wildman–Crippen MR) is 122 cm³/mol. The highest BCUT2D eigenvalue weighted by Gasteiger charge is 2.29. The highest BCUT2D eigenvalue weighted by Crippen LogP contribution is 2.34. The second-order valence-corrected chi connectivity index (χ2v) is 8.74. The third-order valence-electron chi connectivity index (χ3n) is 5.34. The van der Waals surface area contributed by atoms with Crippen LogP contribution < -0.4 is 4.74 Å². The maximum absolute atomic E-state index is 13.2. The first-order chi connectivity index (χ1) is 14.4. The van der Waals surface area contributed by atoms with Crippen molar-refractivity contribution in [3.05, 3.63) is 91.5 Å². The molecule has 4 nitrogen and oxygen atoms in total. The van der Waals surface area contributed by atoms with E-state index in [1.165, 1.54) is 0 Å². The summed E-state index contributed by atoms with van der Waals surface area (Å²) in [6.07, 6.45) is 0.770. The number of carbonyl (C=O) groups excluding carboxylic acids is 1. The van der Waals surface area contributed by atoms with E-state index in [4.69, 9.17) is 16.3 Å². The number of ether oxygens (including phenoxy) is 1. The summed E-state index contributed by atoms with van der Waals surface area (Å²) in [6.45, 7) is 5.48. The third kappa shape index (κ3) is 4.23. The number of nitrogens with zero attached hydrogens (tertiary/aromatic N) is 2. The van der Waals surface area contributed by atoms with Crippen LogP contribution in [0.25, 0.3) is 0 Å². The van der Waals surface area contributed by atoms with Crippen LogP contribution >= 0.6 is 27.5 Å². The minimum atomic E-state index is -0.0588. The Morgan fingerprint density at radius 2 is 1.93 bits per heavy atom. The Balaban J connectivity index is 1.61. The molecule has 1 amide bonds. The van der Waals surface area contributed by atoms with Crippen molar-refractivity contribution in [2.24, 2.45) is 0 Å². The molecule has 0 spiro atoms. The van der Waals surface area contributed by atoms with E-state index < -0.39 is 0 Å². The normalized spacial score (nSPS) is 13.3. The molecule has 0 N–H and O–H groups in total. The number of pyridine rings is 1. The van der Waals surface area contributed by atoms with Gasteiger partial charge in [-0.05, 0) is 65.0 Å². The maximum Gasteiger partial charge on any atom is 0.256 e. The molecule has 4 rings (SSSR count). The zero-order valence-electron chi connectivity index (χ0n) is 16.9. The molecule has 3 aromatic rings. The molecular formula is C24H22BrClN2O2. The number of aryl methyl sites for hydroxylation is 2. The number of rotatable bonds is 5. The van der Waals surface area contributed by atoms with Crippen molar-refractivity contribution in [2.75, 3.05) is 6.54 Å². The molecule has 1 aliphatic rings. The van der Waals surface area contributed by atoms with Gasteiger partial charge in [0.05, 0.1) is 17.1 Å². The highest BCUT2D eigenvalue weighted by molar-refractivity contribution is 9.10. The Morgan fingerprint density at radius 3 is 2.70 bits per heavy atom. The van der Waals surface area contributed by atoms with Crippen molar-refractivity contribution in [2.45, 2.75) is 33.4 Å². The van der Waals surface area contributed by atoms with Gasteiger partial charge in [0.2, 0.25) is 5.88 Å². The van der Waals surface area contributed by atoms with Crippen LogP contribution in [0.3, 0.4) is 0 Å².